The molecule has 0 heterocycles. The molecule has 1 rings (SSSR count). The first-order valence-corrected chi connectivity index (χ1v) is 4.94. The van der Waals surface area contributed by atoms with Crippen molar-refractivity contribution in [3.05, 3.63) is 29.1 Å². The Bertz CT molecular complexity index is 286. The average Bonchev–Trinajstić information content (AvgIpc) is 2.03. The van der Waals surface area contributed by atoms with Crippen LogP contribution in [0.1, 0.15) is 11.1 Å². The van der Waals surface area contributed by atoms with E-state index in [2.05, 4.69) is 0 Å². The molecule has 0 aliphatic carbocycles. The number of hydrogen-bond acceptors (Lipinski definition) is 2. The first-order valence-electron chi connectivity index (χ1n) is 3.72. The minimum absolute atomic E-state index is 0.193. The molecule has 2 N–H and O–H groups in total. The predicted octanol–water partition coefficient (Wildman–Crippen LogP) is 2.31. The largest absolute Gasteiger partial charge is 0.326 e. The van der Waals surface area contributed by atoms with Gasteiger partial charge in [0, 0.05) is 17.0 Å². The van der Waals surface area contributed by atoms with Gasteiger partial charge in [-0.15, -0.1) is 11.8 Å². The van der Waals surface area contributed by atoms with Crippen molar-refractivity contribution in [3.63, 3.8) is 0 Å². The Morgan fingerprint density at radius 2 is 2.17 bits per heavy atom. The highest BCUT2D eigenvalue weighted by Gasteiger charge is 2.06. The van der Waals surface area contributed by atoms with E-state index < -0.39 is 0 Å². The first kappa shape index (κ1) is 9.55. The molecule has 3 heteroatoms. The third-order valence-corrected chi connectivity index (χ3v) is 2.53. The van der Waals surface area contributed by atoms with Crippen LogP contribution in [0.15, 0.2) is 17.0 Å². The van der Waals surface area contributed by atoms with Crippen molar-refractivity contribution in [1.29, 1.82) is 0 Å². The lowest BCUT2D eigenvalue weighted by atomic mass is 10.1. The van der Waals surface area contributed by atoms with Crippen LogP contribution in [0.25, 0.3) is 0 Å². The molecule has 0 spiro atoms. The van der Waals surface area contributed by atoms with Crippen LogP contribution in [0.3, 0.4) is 0 Å². The number of benzene rings is 1. The van der Waals surface area contributed by atoms with Crippen molar-refractivity contribution in [3.8, 4) is 0 Å². The third-order valence-electron chi connectivity index (χ3n) is 1.72. The van der Waals surface area contributed by atoms with Crippen molar-refractivity contribution >= 4 is 11.8 Å². The average molecular weight is 185 g/mol. The van der Waals surface area contributed by atoms with E-state index in [1.165, 1.54) is 17.8 Å². The lowest BCUT2D eigenvalue weighted by Crippen LogP contribution is -2.02. The first-order chi connectivity index (χ1) is 5.69. The second kappa shape index (κ2) is 3.92. The molecule has 0 aliphatic heterocycles. The number of thioether (sulfide) groups is 1. The number of nitrogens with two attached hydrogens (primary N) is 1. The quantitative estimate of drug-likeness (QED) is 0.715. The SMILES string of the molecule is CSc1cc(C)cc(F)c1CN. The summed E-state index contributed by atoms with van der Waals surface area (Å²) < 4.78 is 13.2. The van der Waals surface area contributed by atoms with Gasteiger partial charge in [0.15, 0.2) is 0 Å². The zero-order valence-corrected chi connectivity index (χ0v) is 8.04. The van der Waals surface area contributed by atoms with Crippen molar-refractivity contribution in [2.45, 2.75) is 18.4 Å². The van der Waals surface area contributed by atoms with E-state index in [0.29, 0.717) is 5.56 Å². The van der Waals surface area contributed by atoms with Gasteiger partial charge in [0.1, 0.15) is 5.82 Å². The Morgan fingerprint density at radius 1 is 1.50 bits per heavy atom. The van der Waals surface area contributed by atoms with Crippen molar-refractivity contribution < 1.29 is 4.39 Å². The van der Waals surface area contributed by atoms with Gasteiger partial charge < -0.3 is 5.73 Å². The number of hydrogen-bond donors (Lipinski definition) is 1. The number of halogens is 1. The maximum absolute atomic E-state index is 13.2. The molecule has 0 saturated carbocycles. The van der Waals surface area contributed by atoms with E-state index in [0.717, 1.165) is 10.5 Å². The molecule has 0 saturated heterocycles. The molecule has 0 unspecified atom stereocenters. The summed E-state index contributed by atoms with van der Waals surface area (Å²) in [6, 6.07) is 3.47. The molecule has 0 atom stereocenters. The van der Waals surface area contributed by atoms with Gasteiger partial charge >= 0.3 is 0 Å². The summed E-state index contributed by atoms with van der Waals surface area (Å²) in [5.41, 5.74) is 6.98. The highest BCUT2D eigenvalue weighted by molar-refractivity contribution is 7.98. The summed E-state index contributed by atoms with van der Waals surface area (Å²) in [7, 11) is 0. The van der Waals surface area contributed by atoms with E-state index in [4.69, 9.17) is 5.73 Å². The second-order valence-electron chi connectivity index (χ2n) is 2.63. The van der Waals surface area contributed by atoms with Crippen LogP contribution in [0.4, 0.5) is 4.39 Å². The van der Waals surface area contributed by atoms with Crippen molar-refractivity contribution in [2.24, 2.45) is 5.73 Å². The van der Waals surface area contributed by atoms with E-state index in [1.54, 1.807) is 0 Å². The lowest BCUT2D eigenvalue weighted by Gasteiger charge is -2.07. The van der Waals surface area contributed by atoms with Gasteiger partial charge in [-0.1, -0.05) is 0 Å². The second-order valence-corrected chi connectivity index (χ2v) is 3.48. The number of aryl methyl sites for hydroxylation is 1. The third kappa shape index (κ3) is 1.79. The summed E-state index contributed by atoms with van der Waals surface area (Å²) in [5, 5.41) is 0. The molecule has 0 amide bonds. The van der Waals surface area contributed by atoms with Gasteiger partial charge in [-0.2, -0.15) is 0 Å². The molecule has 0 fully saturated rings. The van der Waals surface area contributed by atoms with Crippen LogP contribution in [0.2, 0.25) is 0 Å². The molecule has 1 nitrogen and oxygen atoms in total. The van der Waals surface area contributed by atoms with Crippen LogP contribution >= 0.6 is 11.8 Å². The Morgan fingerprint density at radius 3 is 2.67 bits per heavy atom. The zero-order chi connectivity index (χ0) is 9.14. The predicted molar refractivity (Wildman–Crippen MR) is 50.8 cm³/mol. The fourth-order valence-corrected chi connectivity index (χ4v) is 1.85. The maximum Gasteiger partial charge on any atom is 0.129 e. The van der Waals surface area contributed by atoms with Gasteiger partial charge in [0.25, 0.3) is 0 Å². The molecule has 1 aromatic rings. The monoisotopic (exact) mass is 185 g/mol. The highest BCUT2D eigenvalue weighted by Crippen LogP contribution is 2.23. The van der Waals surface area contributed by atoms with E-state index in [1.807, 2.05) is 19.2 Å². The molecule has 0 aromatic heterocycles. The fraction of sp³-hybridized carbons (Fsp3) is 0.333. The summed E-state index contributed by atoms with van der Waals surface area (Å²) in [5.74, 6) is -0.193. The molecule has 66 valence electrons. The molecule has 1 aromatic carbocycles. The van der Waals surface area contributed by atoms with Gasteiger partial charge in [-0.25, -0.2) is 4.39 Å². The van der Waals surface area contributed by atoms with E-state index in [-0.39, 0.29) is 12.4 Å². The van der Waals surface area contributed by atoms with Gasteiger partial charge in [0.05, 0.1) is 0 Å². The maximum atomic E-state index is 13.2. The van der Waals surface area contributed by atoms with Gasteiger partial charge in [-0.3, -0.25) is 0 Å². The zero-order valence-electron chi connectivity index (χ0n) is 7.23. The summed E-state index contributed by atoms with van der Waals surface area (Å²) in [6.07, 6.45) is 1.92. The molecular formula is C9H12FNS. The van der Waals surface area contributed by atoms with E-state index >= 15 is 0 Å². The van der Waals surface area contributed by atoms with Crippen molar-refractivity contribution in [2.75, 3.05) is 6.26 Å². The van der Waals surface area contributed by atoms with Gasteiger partial charge in [-0.05, 0) is 30.9 Å². The van der Waals surface area contributed by atoms with Gasteiger partial charge in [0.2, 0.25) is 0 Å². The van der Waals surface area contributed by atoms with Crippen LogP contribution in [-0.4, -0.2) is 6.26 Å². The Hall–Kier alpha value is -0.540. The summed E-state index contributed by atoms with van der Waals surface area (Å²) in [6.45, 7) is 2.14. The van der Waals surface area contributed by atoms with E-state index in [9.17, 15) is 4.39 Å². The van der Waals surface area contributed by atoms with Crippen LogP contribution < -0.4 is 5.73 Å². The molecule has 0 aliphatic rings. The molecule has 0 radical (unpaired) electrons. The topological polar surface area (TPSA) is 26.0 Å². The summed E-state index contributed by atoms with van der Waals surface area (Å²) >= 11 is 1.53. The highest BCUT2D eigenvalue weighted by atomic mass is 32.2. The smallest absolute Gasteiger partial charge is 0.129 e. The minimum Gasteiger partial charge on any atom is -0.326 e. The fourth-order valence-electron chi connectivity index (χ4n) is 1.12. The van der Waals surface area contributed by atoms with Crippen molar-refractivity contribution in [1.82, 2.24) is 0 Å². The minimum atomic E-state index is -0.193. The van der Waals surface area contributed by atoms with Crippen LogP contribution in [0.5, 0.6) is 0 Å². The molecule has 12 heavy (non-hydrogen) atoms. The molecular weight excluding hydrogens is 173 g/mol. The van der Waals surface area contributed by atoms with Crippen LogP contribution in [0, 0.1) is 12.7 Å². The summed E-state index contributed by atoms with van der Waals surface area (Å²) in [4.78, 5) is 0.940. The Kier molecular flexibility index (Phi) is 3.12. The Labute approximate surface area is 76.2 Å². The Balaban J connectivity index is 3.24. The van der Waals surface area contributed by atoms with Crippen LogP contribution in [-0.2, 0) is 6.54 Å². The molecule has 0 bridgehead atoms. The lowest BCUT2D eigenvalue weighted by molar-refractivity contribution is 0.603. The normalized spacial score (nSPS) is 10.3. The number of rotatable bonds is 2. The standard InChI is InChI=1S/C9H12FNS/c1-6-3-8(10)7(5-11)9(4-6)12-2/h3-4H,5,11H2,1-2H3.